The van der Waals surface area contributed by atoms with Crippen LogP contribution in [0, 0.1) is 0 Å². The van der Waals surface area contributed by atoms with Crippen LogP contribution < -0.4 is 0 Å². The number of allylic oxidation sites excluding steroid dienone is 4. The summed E-state index contributed by atoms with van der Waals surface area (Å²) in [4.78, 5) is 0. The summed E-state index contributed by atoms with van der Waals surface area (Å²) in [5.41, 5.74) is 9.05. The molecule has 2 aromatic carbocycles. The van der Waals surface area contributed by atoms with Gasteiger partial charge in [0.1, 0.15) is 0 Å². The van der Waals surface area contributed by atoms with E-state index < -0.39 is 17.4 Å². The Hall–Kier alpha value is -0.400. The molecule has 0 nitrogen and oxygen atoms in total. The van der Waals surface area contributed by atoms with Gasteiger partial charge in [-0.15, -0.1) is 24.8 Å². The van der Waals surface area contributed by atoms with Crippen molar-refractivity contribution in [2.24, 2.45) is 0 Å². The maximum atomic E-state index is 2.67. The molecule has 0 aliphatic heterocycles. The summed E-state index contributed by atoms with van der Waals surface area (Å²) in [7, 11) is 0. The van der Waals surface area contributed by atoms with Crippen molar-refractivity contribution >= 4 is 42.8 Å². The van der Waals surface area contributed by atoms with Gasteiger partial charge in [-0.05, 0) is 0 Å². The van der Waals surface area contributed by atoms with Gasteiger partial charge in [0.05, 0.1) is 0 Å². The molecular formula is C22H28Cl2SiZr. The fourth-order valence-corrected chi connectivity index (χ4v) is 20.0. The molecule has 0 heterocycles. The SMILES string of the molecule is CC1=C[CH]([Zr]([CH3])([CH3])(=[SiH2])[CH]2C=C(C)c3ccccc32)c2ccccc21.Cl.Cl. The first kappa shape index (κ1) is 21.9. The quantitative estimate of drug-likeness (QED) is 0.430. The minimum atomic E-state index is -3.11. The summed E-state index contributed by atoms with van der Waals surface area (Å²) < 4.78 is 6.63. The molecule has 0 N–H and O–H groups in total. The molecule has 2 aromatic rings. The number of fused-ring (bicyclic) bond motifs is 2. The van der Waals surface area contributed by atoms with Crippen molar-refractivity contribution in [2.45, 2.75) is 30.4 Å². The number of hydrogen-bond acceptors (Lipinski definition) is 0. The smallest absolute Gasteiger partial charge is 0.147 e. The van der Waals surface area contributed by atoms with Crippen molar-refractivity contribution < 1.29 is 17.4 Å². The fraction of sp³-hybridized carbons (Fsp3) is 0.273. The maximum absolute atomic E-state index is 3.11. The second-order valence-corrected chi connectivity index (χ2v) is 39.5. The normalized spacial score (nSPS) is 21.0. The molecular weight excluding hydrogens is 454 g/mol. The first-order chi connectivity index (χ1) is 11.3. The Morgan fingerprint density at radius 1 is 0.692 bits per heavy atom. The minimum Gasteiger partial charge on any atom is -0.147 e. The predicted octanol–water partition coefficient (Wildman–Crippen LogP) is 6.48. The van der Waals surface area contributed by atoms with Crippen molar-refractivity contribution in [2.75, 3.05) is 0 Å². The van der Waals surface area contributed by atoms with Gasteiger partial charge in [-0.3, -0.25) is 0 Å². The molecule has 0 aromatic heterocycles. The van der Waals surface area contributed by atoms with E-state index in [1.807, 2.05) is 0 Å². The zero-order valence-corrected chi connectivity index (χ0v) is 21.5. The number of halogens is 2. The van der Waals surface area contributed by atoms with Gasteiger partial charge in [-0.25, -0.2) is 0 Å². The van der Waals surface area contributed by atoms with Gasteiger partial charge in [0.25, 0.3) is 0 Å². The van der Waals surface area contributed by atoms with Crippen LogP contribution in [0.5, 0.6) is 0 Å². The van der Waals surface area contributed by atoms with Crippen LogP contribution in [0.3, 0.4) is 0 Å². The van der Waals surface area contributed by atoms with E-state index in [0.29, 0.717) is 7.25 Å². The summed E-state index contributed by atoms with van der Waals surface area (Å²) in [5.74, 6) is 0. The summed E-state index contributed by atoms with van der Waals surface area (Å²) in [6, 6.07) is 18.2. The molecule has 0 fully saturated rings. The second kappa shape index (κ2) is 7.21. The van der Waals surface area contributed by atoms with E-state index in [4.69, 9.17) is 0 Å². The number of benzene rings is 2. The van der Waals surface area contributed by atoms with Gasteiger partial charge in [-0.2, -0.15) is 0 Å². The number of hydrogen-bond donors (Lipinski definition) is 0. The first-order valence-electron chi connectivity index (χ1n) is 8.91. The van der Waals surface area contributed by atoms with Crippen molar-refractivity contribution in [3.63, 3.8) is 0 Å². The van der Waals surface area contributed by atoms with Crippen molar-refractivity contribution in [1.29, 1.82) is 0 Å². The van der Waals surface area contributed by atoms with Crippen LogP contribution in [-0.2, 0) is 17.4 Å². The molecule has 26 heavy (non-hydrogen) atoms. The van der Waals surface area contributed by atoms with E-state index in [9.17, 15) is 0 Å². The molecule has 4 rings (SSSR count). The number of rotatable bonds is 2. The predicted molar refractivity (Wildman–Crippen MR) is 120 cm³/mol. The summed E-state index contributed by atoms with van der Waals surface area (Å²) in [6.45, 7) is 6.97. The Morgan fingerprint density at radius 2 is 1.04 bits per heavy atom. The second-order valence-electron chi connectivity index (χ2n) is 8.77. The molecule has 0 amide bonds. The third-order valence-corrected chi connectivity index (χ3v) is 23.9. The molecule has 138 valence electrons. The third kappa shape index (κ3) is 3.18. The largest absolute Gasteiger partial charge is 0.147 e. The third-order valence-electron chi connectivity index (χ3n) is 6.32. The van der Waals surface area contributed by atoms with E-state index in [1.165, 1.54) is 22.3 Å². The van der Waals surface area contributed by atoms with Gasteiger partial charge >= 0.3 is 149 Å². The minimum absolute atomic E-state index is 0. The molecule has 0 saturated heterocycles. The van der Waals surface area contributed by atoms with Crippen molar-refractivity contribution in [3.05, 3.63) is 82.9 Å². The summed E-state index contributed by atoms with van der Waals surface area (Å²) in [6.07, 6.45) is 5.18. The molecule has 0 saturated carbocycles. The Labute approximate surface area is 172 Å². The van der Waals surface area contributed by atoms with Crippen LogP contribution in [0.15, 0.2) is 60.7 Å². The van der Waals surface area contributed by atoms with Gasteiger partial charge in [-0.1, -0.05) is 0 Å². The van der Waals surface area contributed by atoms with Gasteiger partial charge < -0.3 is 0 Å². The topological polar surface area (TPSA) is 0 Å². The Morgan fingerprint density at radius 3 is 1.42 bits per heavy atom. The summed E-state index contributed by atoms with van der Waals surface area (Å²) >= 11 is -3.11. The molecule has 0 bridgehead atoms. The van der Waals surface area contributed by atoms with Crippen LogP contribution >= 0.6 is 24.8 Å². The van der Waals surface area contributed by atoms with Gasteiger partial charge in [0.2, 0.25) is 0 Å². The molecule has 4 heteroatoms. The Balaban J connectivity index is 0.00000121. The fourth-order valence-electron chi connectivity index (χ4n) is 4.88. The van der Waals surface area contributed by atoms with E-state index in [2.05, 4.69) is 90.7 Å². The molecule has 2 atom stereocenters. The Bertz CT molecular complexity index is 908. The van der Waals surface area contributed by atoms with Crippen LogP contribution in [-0.4, -0.2) is 6.88 Å². The van der Waals surface area contributed by atoms with Crippen LogP contribution in [0.2, 0.25) is 9.26 Å². The van der Waals surface area contributed by atoms with E-state index in [0.717, 1.165) is 0 Å². The molecule has 2 aliphatic carbocycles. The van der Waals surface area contributed by atoms with Crippen LogP contribution in [0.4, 0.5) is 0 Å². The van der Waals surface area contributed by atoms with E-state index in [1.54, 1.807) is 11.1 Å². The van der Waals surface area contributed by atoms with Gasteiger partial charge in [0.15, 0.2) is 0 Å². The monoisotopic (exact) mass is 480 g/mol. The van der Waals surface area contributed by atoms with Gasteiger partial charge in [0, 0.05) is 0 Å². The molecule has 2 unspecified atom stereocenters. The zero-order valence-electron chi connectivity index (χ0n) is 16.0. The average Bonchev–Trinajstić information content (AvgIpc) is 3.08. The molecule has 0 spiro atoms. The molecule has 2 aliphatic rings. The van der Waals surface area contributed by atoms with Crippen molar-refractivity contribution in [3.8, 4) is 0 Å². The summed E-state index contributed by atoms with van der Waals surface area (Å²) in [5, 5.41) is 0. The maximum Gasteiger partial charge on any atom is -0.147 e. The standard InChI is InChI=1S/2C10H9.2CH3.2ClH.H2Si.Zr/c2*1-8-6-7-9-4-2-3-5-10(8)9;;;;;;/h2*2-7H,1H3;2*1H3;2*1H;1H2;. The first-order valence-corrected chi connectivity index (χ1v) is 22.6. The van der Waals surface area contributed by atoms with Crippen LogP contribution in [0.25, 0.3) is 11.1 Å². The zero-order chi connectivity index (χ0) is 17.1. The Kier molecular flexibility index (Phi) is 6.07. The average molecular weight is 483 g/mol. The van der Waals surface area contributed by atoms with E-state index >= 15 is 0 Å². The van der Waals surface area contributed by atoms with Crippen LogP contribution in [0.1, 0.15) is 43.4 Å². The molecule has 0 radical (unpaired) electrons. The van der Waals surface area contributed by atoms with Crippen molar-refractivity contribution in [1.82, 2.24) is 0 Å². The van der Waals surface area contributed by atoms with E-state index in [-0.39, 0.29) is 24.8 Å².